The highest BCUT2D eigenvalue weighted by atomic mass is 32.1. The van der Waals surface area contributed by atoms with Crippen molar-refractivity contribution >= 4 is 34.1 Å². The van der Waals surface area contributed by atoms with Gasteiger partial charge in [-0.15, -0.1) is 0 Å². The summed E-state index contributed by atoms with van der Waals surface area (Å²) >= 11 is 5.59. The molecule has 1 saturated heterocycles. The quantitative estimate of drug-likeness (QED) is 0.482. The summed E-state index contributed by atoms with van der Waals surface area (Å²) in [7, 11) is 5.38. The second kappa shape index (κ2) is 6.92. The van der Waals surface area contributed by atoms with E-state index in [0.717, 1.165) is 22.5 Å². The van der Waals surface area contributed by atoms with Gasteiger partial charge in [-0.2, -0.15) is 0 Å². The largest absolute Gasteiger partial charge is 0.633 e. The van der Waals surface area contributed by atoms with Gasteiger partial charge in [-0.25, -0.2) is 4.98 Å². The first kappa shape index (κ1) is 19.9. The molecular weight excluding hydrogens is 362 g/mol. The first-order chi connectivity index (χ1) is 12.5. The second-order valence-corrected chi connectivity index (χ2v) is 8.83. The Morgan fingerprint density at radius 1 is 1.30 bits per heavy atom. The monoisotopic (exact) mass is 391 g/mol. The molecule has 2 aromatic rings. The zero-order chi connectivity index (χ0) is 20.0. The molecule has 0 aliphatic carbocycles. The lowest BCUT2D eigenvalue weighted by Crippen LogP contribution is -2.55. The standard InChI is InChI=1S/C19H29N5O2S/c1-19(2,3)17-20-13-12-16(26-6)14(11-15(13)22(17)4)21-18(27)23-7-9-24(5,25)10-8-23/h11-12H,7-10H2,1-6H3,(H,21,27). The number of hydrogen-bond donors (Lipinski definition) is 1. The van der Waals surface area contributed by atoms with E-state index in [1.165, 1.54) is 0 Å². The molecule has 3 rings (SSSR count). The van der Waals surface area contributed by atoms with Gasteiger partial charge < -0.3 is 29.4 Å². The SMILES string of the molecule is COc1cc2nc(C(C)(C)C)n(C)c2cc1NC(=S)N1CC[N+](C)([O-])CC1. The summed E-state index contributed by atoms with van der Waals surface area (Å²) in [6.45, 7) is 8.82. The zero-order valence-electron chi connectivity index (χ0n) is 17.0. The van der Waals surface area contributed by atoms with Crippen LogP contribution in [0.2, 0.25) is 0 Å². The first-order valence-electron chi connectivity index (χ1n) is 9.18. The number of likely N-dealkylation sites (N-methyl/N-ethyl adjacent to an activating group) is 1. The van der Waals surface area contributed by atoms with Crippen LogP contribution in [0, 0.1) is 5.21 Å². The van der Waals surface area contributed by atoms with Crippen molar-refractivity contribution in [1.82, 2.24) is 14.5 Å². The highest BCUT2D eigenvalue weighted by Gasteiger charge is 2.25. The zero-order valence-corrected chi connectivity index (χ0v) is 17.8. The van der Waals surface area contributed by atoms with Gasteiger partial charge in [0.1, 0.15) is 11.6 Å². The fourth-order valence-corrected chi connectivity index (χ4v) is 3.73. The molecule has 8 heteroatoms. The summed E-state index contributed by atoms with van der Waals surface area (Å²) in [6, 6.07) is 3.97. The molecular formula is C19H29N5O2S. The van der Waals surface area contributed by atoms with Gasteiger partial charge in [-0.3, -0.25) is 0 Å². The number of aromatic nitrogens is 2. The van der Waals surface area contributed by atoms with E-state index in [2.05, 4.69) is 30.7 Å². The number of fused-ring (bicyclic) bond motifs is 1. The number of thiocarbonyl (C=S) groups is 1. The predicted molar refractivity (Wildman–Crippen MR) is 113 cm³/mol. The molecule has 0 unspecified atom stereocenters. The number of aryl methyl sites for hydroxylation is 1. The van der Waals surface area contributed by atoms with Gasteiger partial charge in [0.25, 0.3) is 0 Å². The molecule has 0 spiro atoms. The predicted octanol–water partition coefficient (Wildman–Crippen LogP) is 2.84. The van der Waals surface area contributed by atoms with E-state index in [0.29, 0.717) is 37.0 Å². The van der Waals surface area contributed by atoms with Crippen LogP contribution in [0.25, 0.3) is 11.0 Å². The van der Waals surface area contributed by atoms with E-state index in [9.17, 15) is 5.21 Å². The lowest BCUT2D eigenvalue weighted by Gasteiger charge is -2.45. The minimum Gasteiger partial charge on any atom is -0.633 e. The van der Waals surface area contributed by atoms with Crippen molar-refractivity contribution in [1.29, 1.82) is 0 Å². The molecule has 1 aliphatic rings. The number of quaternary nitrogens is 1. The van der Waals surface area contributed by atoms with Crippen LogP contribution in [0.4, 0.5) is 5.69 Å². The van der Waals surface area contributed by atoms with E-state index in [4.69, 9.17) is 21.9 Å². The fourth-order valence-electron chi connectivity index (χ4n) is 3.44. The number of nitrogens with zero attached hydrogens (tertiary/aromatic N) is 4. The number of methoxy groups -OCH3 is 1. The van der Waals surface area contributed by atoms with Crippen molar-refractivity contribution in [2.45, 2.75) is 26.2 Å². The van der Waals surface area contributed by atoms with Crippen LogP contribution in [-0.2, 0) is 12.5 Å². The van der Waals surface area contributed by atoms with Crippen molar-refractivity contribution in [2.24, 2.45) is 7.05 Å². The smallest absolute Gasteiger partial charge is 0.173 e. The Morgan fingerprint density at radius 2 is 1.93 bits per heavy atom. The Morgan fingerprint density at radius 3 is 2.48 bits per heavy atom. The third kappa shape index (κ3) is 4.02. The number of ether oxygens (including phenoxy) is 1. The Bertz CT molecular complexity index is 859. The van der Waals surface area contributed by atoms with Crippen LogP contribution in [0.5, 0.6) is 5.75 Å². The summed E-state index contributed by atoms with van der Waals surface area (Å²) < 4.78 is 7.47. The topological polar surface area (TPSA) is 65.4 Å². The summed E-state index contributed by atoms with van der Waals surface area (Å²) in [6.07, 6.45) is 0. The fraction of sp³-hybridized carbons (Fsp3) is 0.579. The average Bonchev–Trinajstić information content (AvgIpc) is 2.90. The van der Waals surface area contributed by atoms with Crippen molar-refractivity contribution < 1.29 is 9.38 Å². The van der Waals surface area contributed by atoms with E-state index in [-0.39, 0.29) is 10.1 Å². The lowest BCUT2D eigenvalue weighted by atomic mass is 9.96. The van der Waals surface area contributed by atoms with Gasteiger partial charge in [-0.05, 0) is 18.3 Å². The van der Waals surface area contributed by atoms with Crippen LogP contribution in [0.3, 0.4) is 0 Å². The van der Waals surface area contributed by atoms with Gasteiger partial charge in [0.2, 0.25) is 0 Å². The van der Waals surface area contributed by atoms with E-state index >= 15 is 0 Å². The van der Waals surface area contributed by atoms with E-state index in [1.54, 1.807) is 14.2 Å². The Kier molecular flexibility index (Phi) is 5.09. The Hall–Kier alpha value is -1.90. The maximum atomic E-state index is 12.0. The average molecular weight is 392 g/mol. The number of hydrogen-bond acceptors (Lipinski definition) is 4. The minimum absolute atomic E-state index is 0.0546. The molecule has 0 radical (unpaired) electrons. The number of piperazine rings is 1. The molecule has 1 aromatic heterocycles. The summed E-state index contributed by atoms with van der Waals surface area (Å²) in [4.78, 5) is 6.84. The van der Waals surface area contributed by atoms with Gasteiger partial charge >= 0.3 is 0 Å². The molecule has 0 amide bonds. The van der Waals surface area contributed by atoms with Gasteiger partial charge in [-0.1, -0.05) is 20.8 Å². The molecule has 0 bridgehead atoms. The van der Waals surface area contributed by atoms with E-state index in [1.807, 2.05) is 24.1 Å². The molecule has 1 aromatic carbocycles. The van der Waals surface area contributed by atoms with Crippen LogP contribution in [0.15, 0.2) is 12.1 Å². The second-order valence-electron chi connectivity index (χ2n) is 8.45. The van der Waals surface area contributed by atoms with Gasteiger partial charge in [0, 0.05) is 18.5 Å². The van der Waals surface area contributed by atoms with Crippen molar-refractivity contribution in [3.8, 4) is 5.75 Å². The lowest BCUT2D eigenvalue weighted by molar-refractivity contribution is -0.864. The molecule has 27 heavy (non-hydrogen) atoms. The summed E-state index contributed by atoms with van der Waals surface area (Å²) in [5.74, 6) is 1.72. The molecule has 2 heterocycles. The molecule has 1 aliphatic heterocycles. The highest BCUT2D eigenvalue weighted by Crippen LogP contribution is 2.33. The first-order valence-corrected chi connectivity index (χ1v) is 9.59. The molecule has 0 saturated carbocycles. The van der Waals surface area contributed by atoms with Crippen LogP contribution in [0.1, 0.15) is 26.6 Å². The molecule has 1 fully saturated rings. The molecule has 7 nitrogen and oxygen atoms in total. The number of benzene rings is 1. The number of imidazole rings is 1. The Balaban J connectivity index is 1.89. The maximum Gasteiger partial charge on any atom is 0.173 e. The normalized spacial score (nSPS) is 17.2. The summed E-state index contributed by atoms with van der Waals surface area (Å²) in [5, 5.41) is 16.0. The van der Waals surface area contributed by atoms with Gasteiger partial charge in [0.15, 0.2) is 5.11 Å². The third-order valence-corrected chi connectivity index (χ3v) is 5.45. The van der Waals surface area contributed by atoms with Crippen molar-refractivity contribution in [2.75, 3.05) is 45.7 Å². The number of nitrogens with one attached hydrogen (secondary N) is 1. The maximum absolute atomic E-state index is 12.0. The number of anilines is 1. The minimum atomic E-state index is -0.209. The van der Waals surface area contributed by atoms with E-state index < -0.39 is 0 Å². The third-order valence-electron chi connectivity index (χ3n) is 5.09. The Labute approximate surface area is 166 Å². The number of hydroxylamine groups is 3. The molecule has 0 atom stereocenters. The number of rotatable bonds is 2. The van der Waals surface area contributed by atoms with Crippen LogP contribution in [-0.4, -0.2) is 64.5 Å². The van der Waals surface area contributed by atoms with Crippen molar-refractivity contribution in [3.63, 3.8) is 0 Å². The van der Waals surface area contributed by atoms with Crippen LogP contribution < -0.4 is 10.1 Å². The molecule has 1 N–H and O–H groups in total. The molecule has 148 valence electrons. The van der Waals surface area contributed by atoms with Crippen LogP contribution >= 0.6 is 12.2 Å². The summed E-state index contributed by atoms with van der Waals surface area (Å²) in [5.41, 5.74) is 2.67. The highest BCUT2D eigenvalue weighted by molar-refractivity contribution is 7.80. The van der Waals surface area contributed by atoms with Gasteiger partial charge in [0.05, 0.1) is 57.1 Å². The van der Waals surface area contributed by atoms with Crippen molar-refractivity contribution in [3.05, 3.63) is 23.2 Å².